The number of hydrogen-bond donors (Lipinski definition) is 1. The van der Waals surface area contributed by atoms with E-state index in [1.54, 1.807) is 15.4 Å². The van der Waals surface area contributed by atoms with Gasteiger partial charge < -0.3 is 5.32 Å². The molecule has 1 aliphatic rings. The van der Waals surface area contributed by atoms with Crippen LogP contribution in [-0.4, -0.2) is 30.3 Å². The SMILES string of the molecule is Cc1ccc(-c2nn(C)cc2-c2ccc3nc(NC(=O)C4CCCCC4)cn3n2)cc1. The number of imidazole rings is 1. The maximum absolute atomic E-state index is 12.6. The monoisotopic (exact) mass is 414 g/mol. The van der Waals surface area contributed by atoms with Gasteiger partial charge in [-0.2, -0.15) is 10.2 Å². The molecule has 0 radical (unpaired) electrons. The summed E-state index contributed by atoms with van der Waals surface area (Å²) in [6.45, 7) is 2.07. The Morgan fingerprint density at radius 1 is 1.00 bits per heavy atom. The third-order valence-corrected chi connectivity index (χ3v) is 5.98. The van der Waals surface area contributed by atoms with E-state index in [-0.39, 0.29) is 11.8 Å². The van der Waals surface area contributed by atoms with Gasteiger partial charge in [0, 0.05) is 30.3 Å². The molecule has 0 saturated heterocycles. The van der Waals surface area contributed by atoms with Crippen molar-refractivity contribution < 1.29 is 4.79 Å². The molecule has 158 valence electrons. The first-order chi connectivity index (χ1) is 15.1. The van der Waals surface area contributed by atoms with Crippen LogP contribution in [0.15, 0.2) is 48.8 Å². The second-order valence-corrected chi connectivity index (χ2v) is 8.40. The standard InChI is InChI=1S/C24H26N6O/c1-16-8-10-17(11-9-16)23-19(14-29(2)28-23)20-12-13-22-25-21(15-30(22)27-20)26-24(31)18-6-4-3-5-7-18/h8-15,18H,3-7H2,1-2H3,(H,26,31). The zero-order valence-electron chi connectivity index (χ0n) is 17.9. The number of carbonyl (C=O) groups is 1. The molecule has 31 heavy (non-hydrogen) atoms. The van der Waals surface area contributed by atoms with Crippen molar-refractivity contribution in [3.8, 4) is 22.5 Å². The first-order valence-corrected chi connectivity index (χ1v) is 10.9. The van der Waals surface area contributed by atoms with Gasteiger partial charge in [0.2, 0.25) is 5.91 Å². The molecule has 0 unspecified atom stereocenters. The van der Waals surface area contributed by atoms with Gasteiger partial charge in [0.15, 0.2) is 11.5 Å². The van der Waals surface area contributed by atoms with Crippen LogP contribution in [-0.2, 0) is 11.8 Å². The minimum absolute atomic E-state index is 0.0669. The second kappa shape index (κ2) is 7.98. The number of benzene rings is 1. The van der Waals surface area contributed by atoms with Crippen molar-refractivity contribution in [3.63, 3.8) is 0 Å². The van der Waals surface area contributed by atoms with Crippen LogP contribution in [0.3, 0.4) is 0 Å². The Hall–Kier alpha value is -3.48. The summed E-state index contributed by atoms with van der Waals surface area (Å²) in [6.07, 6.45) is 9.16. The van der Waals surface area contributed by atoms with Crippen molar-refractivity contribution in [2.45, 2.75) is 39.0 Å². The third-order valence-electron chi connectivity index (χ3n) is 5.98. The molecule has 0 aliphatic heterocycles. The van der Waals surface area contributed by atoms with Crippen LogP contribution >= 0.6 is 0 Å². The van der Waals surface area contributed by atoms with E-state index in [2.05, 4.69) is 46.6 Å². The normalized spacial score (nSPS) is 14.8. The van der Waals surface area contributed by atoms with Crippen molar-refractivity contribution >= 4 is 17.4 Å². The average molecular weight is 415 g/mol. The number of rotatable bonds is 4. The van der Waals surface area contributed by atoms with Crippen LogP contribution in [0.2, 0.25) is 0 Å². The lowest BCUT2D eigenvalue weighted by Gasteiger charge is -2.19. The smallest absolute Gasteiger partial charge is 0.228 e. The van der Waals surface area contributed by atoms with Crippen LogP contribution in [0.25, 0.3) is 28.2 Å². The Kier molecular flexibility index (Phi) is 5.02. The lowest BCUT2D eigenvalue weighted by molar-refractivity contribution is -0.120. The van der Waals surface area contributed by atoms with Gasteiger partial charge in [-0.1, -0.05) is 49.1 Å². The zero-order valence-corrected chi connectivity index (χ0v) is 17.9. The minimum Gasteiger partial charge on any atom is -0.309 e. The summed E-state index contributed by atoms with van der Waals surface area (Å²) in [7, 11) is 1.91. The Labute approximate surface area is 181 Å². The first kappa shape index (κ1) is 19.5. The van der Waals surface area contributed by atoms with Crippen molar-refractivity contribution in [1.82, 2.24) is 24.4 Å². The van der Waals surface area contributed by atoms with Crippen molar-refractivity contribution in [3.05, 3.63) is 54.4 Å². The third kappa shape index (κ3) is 3.95. The van der Waals surface area contributed by atoms with Gasteiger partial charge in [0.25, 0.3) is 0 Å². The van der Waals surface area contributed by atoms with Gasteiger partial charge in [-0.25, -0.2) is 9.50 Å². The molecule has 1 aromatic carbocycles. The molecule has 1 fully saturated rings. The fourth-order valence-electron chi connectivity index (χ4n) is 4.28. The number of aromatic nitrogens is 5. The summed E-state index contributed by atoms with van der Waals surface area (Å²) in [5.74, 6) is 0.706. The maximum Gasteiger partial charge on any atom is 0.228 e. The fraction of sp³-hybridized carbons (Fsp3) is 0.333. The topological polar surface area (TPSA) is 77.1 Å². The summed E-state index contributed by atoms with van der Waals surface area (Å²) >= 11 is 0. The zero-order chi connectivity index (χ0) is 21.4. The van der Waals surface area contributed by atoms with E-state index >= 15 is 0 Å². The first-order valence-electron chi connectivity index (χ1n) is 10.9. The summed E-state index contributed by atoms with van der Waals surface area (Å²) in [5.41, 5.74) is 5.60. The van der Waals surface area contributed by atoms with Crippen molar-refractivity contribution in [1.29, 1.82) is 0 Å². The van der Waals surface area contributed by atoms with Gasteiger partial charge in [-0.3, -0.25) is 9.48 Å². The average Bonchev–Trinajstić information content (AvgIpc) is 3.37. The molecule has 3 heterocycles. The van der Waals surface area contributed by atoms with E-state index in [1.807, 2.05) is 25.4 Å². The van der Waals surface area contributed by atoms with E-state index in [4.69, 9.17) is 5.10 Å². The lowest BCUT2D eigenvalue weighted by atomic mass is 9.89. The number of amides is 1. The number of anilines is 1. The Bertz CT molecular complexity index is 1230. The molecule has 1 saturated carbocycles. The molecular formula is C24H26N6O. The number of aryl methyl sites for hydroxylation is 2. The quantitative estimate of drug-likeness (QED) is 0.528. The van der Waals surface area contributed by atoms with Gasteiger partial charge in [0.05, 0.1) is 11.9 Å². The van der Waals surface area contributed by atoms with Gasteiger partial charge in [-0.15, -0.1) is 0 Å². The predicted octanol–water partition coefficient (Wildman–Crippen LogP) is 4.62. The number of fused-ring (bicyclic) bond motifs is 1. The van der Waals surface area contributed by atoms with Crippen LogP contribution in [0, 0.1) is 12.8 Å². The highest BCUT2D eigenvalue weighted by molar-refractivity contribution is 5.92. The molecule has 1 amide bonds. The summed E-state index contributed by atoms with van der Waals surface area (Å²) in [5, 5.41) is 12.4. The number of nitrogens with one attached hydrogen (secondary N) is 1. The van der Waals surface area contributed by atoms with Gasteiger partial charge >= 0.3 is 0 Å². The highest BCUT2D eigenvalue weighted by Crippen LogP contribution is 2.30. The largest absolute Gasteiger partial charge is 0.309 e. The predicted molar refractivity (Wildman–Crippen MR) is 121 cm³/mol. The van der Waals surface area contributed by atoms with Crippen LogP contribution in [0.5, 0.6) is 0 Å². The number of nitrogens with zero attached hydrogens (tertiary/aromatic N) is 5. The Balaban J connectivity index is 1.44. The van der Waals surface area contributed by atoms with E-state index in [0.717, 1.165) is 48.2 Å². The van der Waals surface area contributed by atoms with E-state index < -0.39 is 0 Å². The van der Waals surface area contributed by atoms with Crippen LogP contribution in [0.4, 0.5) is 5.82 Å². The highest BCUT2D eigenvalue weighted by Gasteiger charge is 2.22. The lowest BCUT2D eigenvalue weighted by Crippen LogP contribution is -2.24. The maximum atomic E-state index is 12.6. The van der Waals surface area contributed by atoms with Crippen molar-refractivity contribution in [2.75, 3.05) is 5.32 Å². The molecule has 7 heteroatoms. The summed E-state index contributed by atoms with van der Waals surface area (Å²) < 4.78 is 3.53. The summed E-state index contributed by atoms with van der Waals surface area (Å²) in [4.78, 5) is 17.1. The molecule has 0 bridgehead atoms. The van der Waals surface area contributed by atoms with Crippen molar-refractivity contribution in [2.24, 2.45) is 13.0 Å². The number of carbonyl (C=O) groups excluding carboxylic acids is 1. The van der Waals surface area contributed by atoms with Crippen LogP contribution in [0.1, 0.15) is 37.7 Å². The van der Waals surface area contributed by atoms with Crippen LogP contribution < -0.4 is 5.32 Å². The molecule has 3 aromatic heterocycles. The van der Waals surface area contributed by atoms with E-state index in [0.29, 0.717) is 11.5 Å². The minimum atomic E-state index is 0.0669. The Morgan fingerprint density at radius 2 is 1.77 bits per heavy atom. The molecule has 7 nitrogen and oxygen atoms in total. The summed E-state index contributed by atoms with van der Waals surface area (Å²) in [6, 6.07) is 12.2. The number of hydrogen-bond acceptors (Lipinski definition) is 4. The molecule has 4 aromatic rings. The molecule has 1 aliphatic carbocycles. The Morgan fingerprint density at radius 3 is 2.55 bits per heavy atom. The molecule has 0 atom stereocenters. The highest BCUT2D eigenvalue weighted by atomic mass is 16.1. The van der Waals surface area contributed by atoms with Gasteiger partial charge in [-0.05, 0) is 31.9 Å². The molecule has 1 N–H and O–H groups in total. The molecule has 0 spiro atoms. The van der Waals surface area contributed by atoms with E-state index in [9.17, 15) is 4.79 Å². The van der Waals surface area contributed by atoms with E-state index in [1.165, 1.54) is 12.0 Å². The molecule has 5 rings (SSSR count). The second-order valence-electron chi connectivity index (χ2n) is 8.40. The van der Waals surface area contributed by atoms with Gasteiger partial charge in [0.1, 0.15) is 5.69 Å². The molecular weight excluding hydrogens is 388 g/mol. The fourth-order valence-corrected chi connectivity index (χ4v) is 4.28.